The second-order valence-electron chi connectivity index (χ2n) is 6.20. The summed E-state index contributed by atoms with van der Waals surface area (Å²) in [6.07, 6.45) is 0. The fourth-order valence-electron chi connectivity index (χ4n) is 2.93. The summed E-state index contributed by atoms with van der Waals surface area (Å²) in [7, 11) is -3.42. The Balaban J connectivity index is 1.45. The Kier molecular flexibility index (Phi) is 4.83. The van der Waals surface area contributed by atoms with Crippen molar-refractivity contribution in [3.05, 3.63) is 52.7 Å². The first-order valence-electron chi connectivity index (χ1n) is 8.35. The first-order valence-corrected chi connectivity index (χ1v) is 11.6. The van der Waals surface area contributed by atoms with Crippen LogP contribution in [0.25, 0.3) is 10.6 Å². The number of benzene rings is 1. The lowest BCUT2D eigenvalue weighted by molar-refractivity contribution is 0.385. The van der Waals surface area contributed by atoms with Crippen molar-refractivity contribution >= 4 is 37.8 Å². The molecule has 26 heavy (non-hydrogen) atoms. The van der Waals surface area contributed by atoms with Gasteiger partial charge in [0.15, 0.2) is 5.13 Å². The van der Waals surface area contributed by atoms with Crippen molar-refractivity contribution in [3.63, 3.8) is 0 Å². The first-order chi connectivity index (χ1) is 12.5. The Morgan fingerprint density at radius 1 is 1.00 bits per heavy atom. The molecule has 1 aliphatic rings. The number of sulfonamides is 1. The molecular formula is C18H19N3O2S3. The minimum atomic E-state index is -3.42. The molecule has 1 aromatic carbocycles. The van der Waals surface area contributed by atoms with Crippen molar-refractivity contribution in [2.75, 3.05) is 31.1 Å². The topological polar surface area (TPSA) is 53.5 Å². The number of piperazine rings is 1. The summed E-state index contributed by atoms with van der Waals surface area (Å²) in [5.41, 5.74) is 2.05. The Hall–Kier alpha value is -1.74. The average Bonchev–Trinajstić information content (AvgIpc) is 3.34. The summed E-state index contributed by atoms with van der Waals surface area (Å²) in [4.78, 5) is 8.41. The maximum Gasteiger partial charge on any atom is 0.243 e. The van der Waals surface area contributed by atoms with E-state index in [-0.39, 0.29) is 0 Å². The number of rotatable bonds is 4. The van der Waals surface area contributed by atoms with Crippen LogP contribution in [0.5, 0.6) is 0 Å². The number of thiazole rings is 1. The number of hydrogen-bond acceptors (Lipinski definition) is 6. The van der Waals surface area contributed by atoms with Crippen molar-refractivity contribution in [3.8, 4) is 10.6 Å². The Bertz CT molecular complexity index is 971. The molecule has 0 aliphatic carbocycles. The first kappa shape index (κ1) is 17.7. The highest BCUT2D eigenvalue weighted by molar-refractivity contribution is 7.89. The molecule has 2 aromatic heterocycles. The van der Waals surface area contributed by atoms with Gasteiger partial charge in [-0.1, -0.05) is 23.8 Å². The third-order valence-electron chi connectivity index (χ3n) is 4.43. The predicted octanol–water partition coefficient (Wildman–Crippen LogP) is 3.69. The molecule has 1 fully saturated rings. The fourth-order valence-corrected chi connectivity index (χ4v) is 5.99. The van der Waals surface area contributed by atoms with Crippen LogP contribution in [-0.4, -0.2) is 43.9 Å². The molecule has 3 heterocycles. The standard InChI is InChI=1S/C18H19N3O2S3/c1-14-4-6-15(7-5-14)26(22,23)21-10-8-20(9-11-21)18-19-16(13-25-18)17-3-2-12-24-17/h2-7,12-13H,8-11H2,1H3. The van der Waals surface area contributed by atoms with Gasteiger partial charge in [0.1, 0.15) is 0 Å². The maximum atomic E-state index is 12.8. The molecule has 0 unspecified atom stereocenters. The van der Waals surface area contributed by atoms with Gasteiger partial charge < -0.3 is 4.90 Å². The fraction of sp³-hybridized carbons (Fsp3) is 0.278. The molecule has 3 aromatic rings. The van der Waals surface area contributed by atoms with Crippen LogP contribution < -0.4 is 4.90 Å². The summed E-state index contributed by atoms with van der Waals surface area (Å²) in [6, 6.07) is 11.1. The maximum absolute atomic E-state index is 12.8. The Labute approximate surface area is 161 Å². The highest BCUT2D eigenvalue weighted by Gasteiger charge is 2.29. The molecule has 4 rings (SSSR count). The molecule has 0 radical (unpaired) electrons. The van der Waals surface area contributed by atoms with E-state index in [0.29, 0.717) is 31.1 Å². The summed E-state index contributed by atoms with van der Waals surface area (Å²) in [6.45, 7) is 4.22. The van der Waals surface area contributed by atoms with E-state index in [0.717, 1.165) is 21.3 Å². The van der Waals surface area contributed by atoms with E-state index in [1.165, 1.54) is 0 Å². The number of nitrogens with zero attached hydrogens (tertiary/aromatic N) is 3. The van der Waals surface area contributed by atoms with Crippen LogP contribution in [0.15, 0.2) is 52.1 Å². The van der Waals surface area contributed by atoms with E-state index < -0.39 is 10.0 Å². The van der Waals surface area contributed by atoms with Crippen LogP contribution in [0.4, 0.5) is 5.13 Å². The van der Waals surface area contributed by atoms with Gasteiger partial charge in [0.05, 0.1) is 15.5 Å². The van der Waals surface area contributed by atoms with E-state index in [2.05, 4.69) is 16.3 Å². The SMILES string of the molecule is Cc1ccc(S(=O)(=O)N2CCN(c3nc(-c4cccs4)cs3)CC2)cc1. The smallest absolute Gasteiger partial charge is 0.243 e. The largest absolute Gasteiger partial charge is 0.345 e. The van der Waals surface area contributed by atoms with Crippen molar-refractivity contribution in [1.82, 2.24) is 9.29 Å². The van der Waals surface area contributed by atoms with Gasteiger partial charge in [-0.3, -0.25) is 0 Å². The third kappa shape index (κ3) is 3.42. The van der Waals surface area contributed by atoms with Crippen molar-refractivity contribution in [2.45, 2.75) is 11.8 Å². The molecular weight excluding hydrogens is 386 g/mol. The quantitative estimate of drug-likeness (QED) is 0.664. The van der Waals surface area contributed by atoms with Crippen molar-refractivity contribution in [2.24, 2.45) is 0 Å². The van der Waals surface area contributed by atoms with Gasteiger partial charge in [-0.2, -0.15) is 4.31 Å². The average molecular weight is 406 g/mol. The molecule has 0 saturated carbocycles. The molecule has 8 heteroatoms. The van der Waals surface area contributed by atoms with Gasteiger partial charge in [0.25, 0.3) is 0 Å². The Morgan fingerprint density at radius 3 is 2.38 bits per heavy atom. The zero-order valence-electron chi connectivity index (χ0n) is 14.3. The molecule has 1 aliphatic heterocycles. The van der Waals surface area contributed by atoms with Gasteiger partial charge in [0, 0.05) is 31.6 Å². The zero-order chi connectivity index (χ0) is 18.1. The van der Waals surface area contributed by atoms with Crippen LogP contribution in [-0.2, 0) is 10.0 Å². The number of aromatic nitrogens is 1. The molecule has 5 nitrogen and oxygen atoms in total. The lowest BCUT2D eigenvalue weighted by Crippen LogP contribution is -2.48. The van der Waals surface area contributed by atoms with Gasteiger partial charge in [0.2, 0.25) is 10.0 Å². The molecule has 136 valence electrons. The summed E-state index contributed by atoms with van der Waals surface area (Å²) in [5, 5.41) is 5.07. The van der Waals surface area contributed by atoms with Gasteiger partial charge in [-0.05, 0) is 30.5 Å². The van der Waals surface area contributed by atoms with Crippen molar-refractivity contribution < 1.29 is 8.42 Å². The second-order valence-corrected chi connectivity index (χ2v) is 9.92. The highest BCUT2D eigenvalue weighted by Crippen LogP contribution is 2.31. The summed E-state index contributed by atoms with van der Waals surface area (Å²) >= 11 is 3.29. The number of anilines is 1. The van der Waals surface area contributed by atoms with E-state index in [9.17, 15) is 8.42 Å². The van der Waals surface area contributed by atoms with Gasteiger partial charge in [-0.25, -0.2) is 13.4 Å². The van der Waals surface area contributed by atoms with Crippen LogP contribution in [0.1, 0.15) is 5.56 Å². The van der Waals surface area contributed by atoms with Gasteiger partial charge in [-0.15, -0.1) is 22.7 Å². The minimum Gasteiger partial charge on any atom is -0.345 e. The van der Waals surface area contributed by atoms with Crippen LogP contribution in [0, 0.1) is 6.92 Å². The second kappa shape index (κ2) is 7.11. The molecule has 1 saturated heterocycles. The van der Waals surface area contributed by atoms with Crippen LogP contribution in [0.3, 0.4) is 0 Å². The van der Waals surface area contributed by atoms with E-state index >= 15 is 0 Å². The lowest BCUT2D eigenvalue weighted by Gasteiger charge is -2.33. The van der Waals surface area contributed by atoms with E-state index in [1.807, 2.05) is 30.5 Å². The number of hydrogen-bond donors (Lipinski definition) is 0. The predicted molar refractivity (Wildman–Crippen MR) is 108 cm³/mol. The summed E-state index contributed by atoms with van der Waals surface area (Å²) < 4.78 is 27.2. The molecule has 0 N–H and O–H groups in total. The zero-order valence-corrected chi connectivity index (χ0v) is 16.8. The van der Waals surface area contributed by atoms with Crippen molar-refractivity contribution in [1.29, 1.82) is 0 Å². The normalized spacial score (nSPS) is 16.1. The summed E-state index contributed by atoms with van der Waals surface area (Å²) in [5.74, 6) is 0. The molecule has 0 amide bonds. The molecule has 0 spiro atoms. The van der Waals surface area contributed by atoms with E-state index in [1.54, 1.807) is 39.1 Å². The van der Waals surface area contributed by atoms with Gasteiger partial charge >= 0.3 is 0 Å². The lowest BCUT2D eigenvalue weighted by atomic mass is 10.2. The third-order valence-corrected chi connectivity index (χ3v) is 8.14. The number of aryl methyl sites for hydroxylation is 1. The minimum absolute atomic E-state index is 0.366. The van der Waals surface area contributed by atoms with E-state index in [4.69, 9.17) is 4.98 Å². The van der Waals surface area contributed by atoms with Crippen LogP contribution in [0.2, 0.25) is 0 Å². The van der Waals surface area contributed by atoms with Crippen LogP contribution >= 0.6 is 22.7 Å². The number of thiophene rings is 1. The molecule has 0 bridgehead atoms. The Morgan fingerprint density at radius 2 is 1.73 bits per heavy atom. The molecule has 0 atom stereocenters. The monoisotopic (exact) mass is 405 g/mol. The highest BCUT2D eigenvalue weighted by atomic mass is 32.2.